The molecule has 9 rings (SSSR count). The van der Waals surface area contributed by atoms with Crippen LogP contribution in [0, 0.1) is 0 Å². The molecule has 5 aromatic heterocycles. The van der Waals surface area contributed by atoms with Crippen LogP contribution in [0.4, 0.5) is 0 Å². The Balaban J connectivity index is 1.37. The molecule has 9 aromatic rings. The Bertz CT molecular complexity index is 2200. The molecule has 0 N–H and O–H groups in total. The van der Waals surface area contributed by atoms with Gasteiger partial charge < -0.3 is 0 Å². The molecule has 0 bridgehead atoms. The quantitative estimate of drug-likeness (QED) is 0.222. The second-order valence-corrected chi connectivity index (χ2v) is 11.7. The Hall–Kier alpha value is -4.45. The van der Waals surface area contributed by atoms with Gasteiger partial charge in [-0.15, -0.1) is 22.7 Å². The first-order chi connectivity index (χ1) is 18.9. The summed E-state index contributed by atoms with van der Waals surface area (Å²) in [5.41, 5.74) is 2.38. The van der Waals surface area contributed by atoms with Crippen molar-refractivity contribution in [3.63, 3.8) is 0 Å². The molecule has 0 amide bonds. The van der Waals surface area contributed by atoms with E-state index in [2.05, 4.69) is 124 Å². The minimum Gasteiger partial charge on any atom is -0.285 e. The summed E-state index contributed by atoms with van der Waals surface area (Å²) in [7, 11) is 0. The molecule has 0 aliphatic carbocycles. The molecule has 0 unspecified atom stereocenters. The molecule has 0 atom stereocenters. The van der Waals surface area contributed by atoms with Gasteiger partial charge in [-0.2, -0.15) is 0 Å². The van der Waals surface area contributed by atoms with E-state index in [-0.39, 0.29) is 0 Å². The van der Waals surface area contributed by atoms with Crippen molar-refractivity contribution in [2.24, 2.45) is 0 Å². The molecular formula is C33H19N3S2. The normalized spacial score (nSPS) is 12.2. The summed E-state index contributed by atoms with van der Waals surface area (Å²) in [6.45, 7) is 0. The van der Waals surface area contributed by atoms with Crippen molar-refractivity contribution in [2.75, 3.05) is 0 Å². The van der Waals surface area contributed by atoms with E-state index in [0.717, 1.165) is 11.6 Å². The number of aromatic nitrogens is 3. The summed E-state index contributed by atoms with van der Waals surface area (Å²) in [4.78, 5) is 7.81. The summed E-state index contributed by atoms with van der Waals surface area (Å²) in [6, 6.07) is 41.2. The maximum atomic E-state index is 5.34. The molecule has 0 spiro atoms. The fourth-order valence-electron chi connectivity index (χ4n) is 6.00. The minimum absolute atomic E-state index is 0.937. The summed E-state index contributed by atoms with van der Waals surface area (Å²) >= 11 is 3.68. The number of hydrogen-bond donors (Lipinski definition) is 0. The van der Waals surface area contributed by atoms with Crippen LogP contribution in [-0.4, -0.2) is 14.1 Å². The predicted molar refractivity (Wildman–Crippen MR) is 164 cm³/mol. The topological polar surface area (TPSA) is 22.8 Å². The molecule has 38 heavy (non-hydrogen) atoms. The average Bonchev–Trinajstić information content (AvgIpc) is 3.69. The van der Waals surface area contributed by atoms with Crippen molar-refractivity contribution in [3.05, 3.63) is 115 Å². The highest BCUT2D eigenvalue weighted by Crippen LogP contribution is 2.44. The summed E-state index contributed by atoms with van der Waals surface area (Å²) in [6.07, 6.45) is 0. The first kappa shape index (κ1) is 20.6. The molecular weight excluding hydrogens is 503 g/mol. The van der Waals surface area contributed by atoms with E-state index in [1.54, 1.807) is 0 Å². The largest absolute Gasteiger partial charge is 0.285 e. The summed E-state index contributed by atoms with van der Waals surface area (Å²) in [5.74, 6) is 1.87. The molecule has 3 nitrogen and oxygen atoms in total. The molecule has 0 radical (unpaired) electrons. The molecule has 0 aliphatic heterocycles. The second-order valence-electron chi connectivity index (χ2n) is 9.62. The smallest absolute Gasteiger partial charge is 0.140 e. The van der Waals surface area contributed by atoms with E-state index in [1.807, 2.05) is 22.7 Å². The van der Waals surface area contributed by atoms with Gasteiger partial charge in [-0.25, -0.2) is 4.98 Å². The zero-order valence-electron chi connectivity index (χ0n) is 20.1. The summed E-state index contributed by atoms with van der Waals surface area (Å²) < 4.78 is 7.28. The molecule has 0 saturated carbocycles. The third-order valence-corrected chi connectivity index (χ3v) is 9.88. The number of para-hydroxylation sites is 2. The van der Waals surface area contributed by atoms with Gasteiger partial charge >= 0.3 is 0 Å². The lowest BCUT2D eigenvalue weighted by atomic mass is 10.1. The van der Waals surface area contributed by atoms with Crippen LogP contribution < -0.4 is 0 Å². The molecule has 5 heterocycles. The minimum atomic E-state index is 0.937. The van der Waals surface area contributed by atoms with Crippen LogP contribution in [0.5, 0.6) is 0 Å². The highest BCUT2D eigenvalue weighted by Gasteiger charge is 2.20. The Morgan fingerprint density at radius 2 is 0.842 bits per heavy atom. The molecule has 0 fully saturated rings. The van der Waals surface area contributed by atoms with Crippen molar-refractivity contribution in [3.8, 4) is 11.6 Å². The second kappa shape index (κ2) is 7.54. The van der Waals surface area contributed by atoms with Gasteiger partial charge in [0.15, 0.2) is 0 Å². The number of nitrogens with zero attached hydrogens (tertiary/aromatic N) is 3. The van der Waals surface area contributed by atoms with Crippen molar-refractivity contribution in [2.45, 2.75) is 0 Å². The number of pyridine rings is 1. The SMILES string of the molecule is c1cc(-n2c3ccccc3c3c4ccccc4sc32)nc(-n2c3ccccc3c3c4ccccc4sc32)c1. The highest BCUT2D eigenvalue weighted by molar-refractivity contribution is 7.26. The zero-order valence-corrected chi connectivity index (χ0v) is 21.8. The molecule has 4 aromatic carbocycles. The standard InChI is InChI=1S/C33H19N3S2/c1-5-14-24-20(10-1)30-22-12-3-7-16-26(22)37-32(30)35(24)28-18-9-19-29(34-28)36-25-15-6-2-11-21(25)31-23-13-4-8-17-27(23)38-33(31)36/h1-19H. The predicted octanol–water partition coefficient (Wildman–Crippen LogP) is 9.71. The number of rotatable bonds is 2. The van der Waals surface area contributed by atoms with Crippen LogP contribution in [0.2, 0.25) is 0 Å². The third kappa shape index (κ3) is 2.64. The molecule has 5 heteroatoms. The Morgan fingerprint density at radius 3 is 1.34 bits per heavy atom. The monoisotopic (exact) mass is 521 g/mol. The van der Waals surface area contributed by atoms with Crippen molar-refractivity contribution in [1.82, 2.24) is 14.1 Å². The Labute approximate surface area is 225 Å². The van der Waals surface area contributed by atoms with E-state index < -0.39 is 0 Å². The van der Waals surface area contributed by atoms with E-state index in [1.165, 1.54) is 62.4 Å². The van der Waals surface area contributed by atoms with E-state index in [0.29, 0.717) is 0 Å². The van der Waals surface area contributed by atoms with Crippen molar-refractivity contribution < 1.29 is 0 Å². The first-order valence-corrected chi connectivity index (χ1v) is 14.3. The number of benzene rings is 4. The van der Waals surface area contributed by atoms with Crippen LogP contribution in [-0.2, 0) is 0 Å². The van der Waals surface area contributed by atoms with Crippen LogP contribution >= 0.6 is 22.7 Å². The lowest BCUT2D eigenvalue weighted by molar-refractivity contribution is 1.02. The lowest BCUT2D eigenvalue weighted by Gasteiger charge is -2.10. The van der Waals surface area contributed by atoms with Gasteiger partial charge in [-0.3, -0.25) is 9.13 Å². The molecule has 178 valence electrons. The van der Waals surface area contributed by atoms with Crippen LogP contribution in [0.15, 0.2) is 115 Å². The maximum absolute atomic E-state index is 5.34. The average molecular weight is 522 g/mol. The van der Waals surface area contributed by atoms with Crippen LogP contribution in [0.25, 0.3) is 74.0 Å². The van der Waals surface area contributed by atoms with E-state index in [9.17, 15) is 0 Å². The van der Waals surface area contributed by atoms with Crippen LogP contribution in [0.3, 0.4) is 0 Å². The highest BCUT2D eigenvalue weighted by atomic mass is 32.1. The van der Waals surface area contributed by atoms with Crippen molar-refractivity contribution >= 4 is 85.1 Å². The van der Waals surface area contributed by atoms with Gasteiger partial charge in [0.2, 0.25) is 0 Å². The Morgan fingerprint density at radius 1 is 0.421 bits per heavy atom. The van der Waals surface area contributed by atoms with Crippen LogP contribution in [0.1, 0.15) is 0 Å². The zero-order chi connectivity index (χ0) is 24.8. The molecule has 0 aliphatic rings. The maximum Gasteiger partial charge on any atom is 0.140 e. The number of hydrogen-bond acceptors (Lipinski definition) is 3. The fraction of sp³-hybridized carbons (Fsp3) is 0. The van der Waals surface area contributed by atoms with Gasteiger partial charge in [0.1, 0.15) is 21.3 Å². The van der Waals surface area contributed by atoms with E-state index in [4.69, 9.17) is 4.98 Å². The van der Waals surface area contributed by atoms with Gasteiger partial charge in [-0.05, 0) is 36.4 Å². The first-order valence-electron chi connectivity index (χ1n) is 12.7. The van der Waals surface area contributed by atoms with Gasteiger partial charge in [0.25, 0.3) is 0 Å². The van der Waals surface area contributed by atoms with Gasteiger partial charge in [0, 0.05) is 41.7 Å². The third-order valence-electron chi connectivity index (χ3n) is 7.57. The van der Waals surface area contributed by atoms with Gasteiger partial charge in [0.05, 0.1) is 11.0 Å². The number of fused-ring (bicyclic) bond motifs is 10. The Kier molecular flexibility index (Phi) is 4.09. The lowest BCUT2D eigenvalue weighted by Crippen LogP contribution is -2.02. The fourth-order valence-corrected chi connectivity index (χ4v) is 8.48. The van der Waals surface area contributed by atoms with Gasteiger partial charge in [-0.1, -0.05) is 78.9 Å². The van der Waals surface area contributed by atoms with Crippen molar-refractivity contribution in [1.29, 1.82) is 0 Å². The number of thiophene rings is 2. The molecule has 0 saturated heterocycles. The summed E-state index contributed by atoms with van der Waals surface area (Å²) in [5, 5.41) is 7.78. The van der Waals surface area contributed by atoms with E-state index >= 15 is 0 Å².